The minimum Gasteiger partial charge on any atom is -0.357 e. The van der Waals surface area contributed by atoms with Crippen molar-refractivity contribution >= 4 is 0 Å². The van der Waals surface area contributed by atoms with Crippen molar-refractivity contribution in [1.82, 2.24) is 0 Å². The molecule has 0 aromatic carbocycles. The zero-order valence-corrected chi connectivity index (χ0v) is 8.23. The summed E-state index contributed by atoms with van der Waals surface area (Å²) in [6.45, 7) is 2.09. The van der Waals surface area contributed by atoms with Gasteiger partial charge in [-0.1, -0.05) is 24.3 Å². The molecule has 0 aromatic heterocycles. The van der Waals surface area contributed by atoms with Crippen molar-refractivity contribution in [3.05, 3.63) is 24.3 Å². The van der Waals surface area contributed by atoms with Crippen LogP contribution in [0.5, 0.6) is 0 Å². The predicted octanol–water partition coefficient (Wildman–Crippen LogP) is 1.26. The molecule has 0 aromatic rings. The average Bonchev–Trinajstić information content (AvgIpc) is 2.39. The van der Waals surface area contributed by atoms with Crippen LogP contribution in [0.25, 0.3) is 0 Å². The Hall–Kier alpha value is 0.661. The quantitative estimate of drug-likeness (QED) is 0.437. The second-order valence-electron chi connectivity index (χ2n) is 2.47. The molecule has 1 heterocycles. The minimum absolute atomic E-state index is 0. The van der Waals surface area contributed by atoms with E-state index in [1.807, 2.05) is 12.2 Å². The first-order valence-electron chi connectivity index (χ1n) is 2.85. The van der Waals surface area contributed by atoms with Gasteiger partial charge in [0, 0.05) is 38.5 Å². The maximum absolute atomic E-state index is 5.29. The zero-order valence-electron chi connectivity index (χ0n) is 5.63. The summed E-state index contributed by atoms with van der Waals surface area (Å²) in [4.78, 5) is 0. The molecule has 1 nitrogen and oxygen atoms in total. The molecule has 10 heavy (non-hydrogen) atoms. The molecule has 2 rings (SSSR count). The Morgan fingerprint density at radius 1 is 1.40 bits per heavy atom. The average molecular weight is 215 g/mol. The number of rotatable bonds is 0. The normalized spacial score (nSPS) is 39.1. The van der Waals surface area contributed by atoms with E-state index in [4.69, 9.17) is 4.74 Å². The van der Waals surface area contributed by atoms with E-state index in [1.54, 1.807) is 0 Å². The molecule has 2 unspecified atom stereocenters. The molecule has 0 N–H and O–H groups in total. The van der Waals surface area contributed by atoms with Crippen LogP contribution in [0.4, 0.5) is 0 Å². The summed E-state index contributed by atoms with van der Waals surface area (Å²) in [5, 5.41) is 0. The van der Waals surface area contributed by atoms with Crippen molar-refractivity contribution in [1.29, 1.82) is 0 Å². The number of allylic oxidation sites excluding steroid dienone is 2. The van der Waals surface area contributed by atoms with Crippen molar-refractivity contribution < 1.29 is 43.2 Å². The van der Waals surface area contributed by atoms with Gasteiger partial charge in [-0.15, -0.1) is 0 Å². The SMILES string of the molecule is CC12C=CC=CC1O2.[Co].[Ti]. The van der Waals surface area contributed by atoms with Gasteiger partial charge in [-0.3, -0.25) is 0 Å². The van der Waals surface area contributed by atoms with Crippen molar-refractivity contribution in [2.75, 3.05) is 0 Å². The molecule has 0 bridgehead atoms. The third kappa shape index (κ3) is 1.63. The van der Waals surface area contributed by atoms with Crippen LogP contribution in [0, 0.1) is 0 Å². The van der Waals surface area contributed by atoms with Crippen molar-refractivity contribution in [3.63, 3.8) is 0 Å². The standard InChI is InChI=1S/C7H8O.Co.Ti/c1-7-5-3-2-4-6(7)8-7;;/h2-6H,1H3;;. The van der Waals surface area contributed by atoms with Gasteiger partial charge in [0.2, 0.25) is 0 Å². The summed E-state index contributed by atoms with van der Waals surface area (Å²) in [6, 6.07) is 0. The first-order chi connectivity index (χ1) is 3.81. The monoisotopic (exact) mass is 215 g/mol. The molecule has 0 saturated carbocycles. The van der Waals surface area contributed by atoms with Gasteiger partial charge < -0.3 is 4.74 Å². The second-order valence-corrected chi connectivity index (χ2v) is 2.47. The Morgan fingerprint density at radius 3 is 2.50 bits per heavy atom. The van der Waals surface area contributed by atoms with Crippen molar-refractivity contribution in [2.24, 2.45) is 0 Å². The third-order valence-electron chi connectivity index (χ3n) is 1.71. The summed E-state index contributed by atoms with van der Waals surface area (Å²) in [5.41, 5.74) is 0.0781. The van der Waals surface area contributed by atoms with Crippen LogP contribution in [-0.2, 0) is 43.2 Å². The molecule has 1 radical (unpaired) electrons. The first kappa shape index (κ1) is 10.7. The number of hydrogen-bond donors (Lipinski definition) is 0. The fourth-order valence-corrected chi connectivity index (χ4v) is 1.02. The van der Waals surface area contributed by atoms with Gasteiger partial charge in [0.15, 0.2) is 0 Å². The van der Waals surface area contributed by atoms with Crippen LogP contribution < -0.4 is 0 Å². The Labute approximate surface area is 86.0 Å². The second kappa shape index (κ2) is 3.37. The van der Waals surface area contributed by atoms with Crippen molar-refractivity contribution in [2.45, 2.75) is 18.6 Å². The van der Waals surface area contributed by atoms with E-state index in [2.05, 4.69) is 19.1 Å². The molecule has 3 heteroatoms. The van der Waals surface area contributed by atoms with E-state index in [-0.39, 0.29) is 44.1 Å². The molecule has 1 fully saturated rings. The van der Waals surface area contributed by atoms with E-state index < -0.39 is 0 Å². The van der Waals surface area contributed by atoms with Crippen LogP contribution >= 0.6 is 0 Å². The maximum atomic E-state index is 5.29. The minimum atomic E-state index is 0. The number of hydrogen-bond acceptors (Lipinski definition) is 1. The molecule has 2 aliphatic rings. The zero-order chi connectivity index (χ0) is 5.61. The smallest absolute Gasteiger partial charge is 0.114 e. The van der Waals surface area contributed by atoms with Gasteiger partial charge in [0.05, 0.1) is 0 Å². The molecule has 2 atom stereocenters. The van der Waals surface area contributed by atoms with Gasteiger partial charge in [-0.2, -0.15) is 0 Å². The molecule has 1 aliphatic heterocycles. The Balaban J connectivity index is 0.000000405. The van der Waals surface area contributed by atoms with E-state index in [0.29, 0.717) is 6.10 Å². The summed E-state index contributed by atoms with van der Waals surface area (Å²) in [5.74, 6) is 0. The topological polar surface area (TPSA) is 12.5 Å². The Bertz CT molecular complexity index is 178. The van der Waals surface area contributed by atoms with Crippen LogP contribution in [0.3, 0.4) is 0 Å². The maximum Gasteiger partial charge on any atom is 0.114 e. The number of fused-ring (bicyclic) bond motifs is 1. The fraction of sp³-hybridized carbons (Fsp3) is 0.429. The van der Waals surface area contributed by atoms with E-state index in [1.165, 1.54) is 0 Å². The largest absolute Gasteiger partial charge is 0.357 e. The predicted molar refractivity (Wildman–Crippen MR) is 31.6 cm³/mol. The molecule has 1 saturated heterocycles. The third-order valence-corrected chi connectivity index (χ3v) is 1.71. The molecule has 0 spiro atoms. The molecule has 1 aliphatic carbocycles. The van der Waals surface area contributed by atoms with Crippen LogP contribution in [0.15, 0.2) is 24.3 Å². The van der Waals surface area contributed by atoms with Gasteiger partial charge in [-0.05, 0) is 6.92 Å². The van der Waals surface area contributed by atoms with E-state index in [9.17, 15) is 0 Å². The van der Waals surface area contributed by atoms with Crippen molar-refractivity contribution in [3.8, 4) is 0 Å². The molecular weight excluding hydrogens is 207 g/mol. The molecule has 0 amide bonds. The summed E-state index contributed by atoms with van der Waals surface area (Å²) in [7, 11) is 0. The van der Waals surface area contributed by atoms with Crippen LogP contribution in [-0.4, -0.2) is 11.7 Å². The van der Waals surface area contributed by atoms with Gasteiger partial charge in [0.25, 0.3) is 0 Å². The molecular formula is C7H8CoOTi. The van der Waals surface area contributed by atoms with Crippen LogP contribution in [0.1, 0.15) is 6.92 Å². The summed E-state index contributed by atoms with van der Waals surface area (Å²) in [6.07, 6.45) is 8.62. The van der Waals surface area contributed by atoms with Gasteiger partial charge in [-0.25, -0.2) is 0 Å². The van der Waals surface area contributed by atoms with E-state index >= 15 is 0 Å². The summed E-state index contributed by atoms with van der Waals surface area (Å²) >= 11 is 0. The summed E-state index contributed by atoms with van der Waals surface area (Å²) < 4.78 is 5.29. The van der Waals surface area contributed by atoms with Gasteiger partial charge in [0.1, 0.15) is 11.7 Å². The first-order valence-corrected chi connectivity index (χ1v) is 2.85. The number of epoxide rings is 1. The fourth-order valence-electron chi connectivity index (χ4n) is 1.02. The molecule has 55 valence electrons. The Morgan fingerprint density at radius 2 is 2.10 bits per heavy atom. The number of ether oxygens (including phenoxy) is 1. The van der Waals surface area contributed by atoms with Gasteiger partial charge >= 0.3 is 0 Å². The van der Waals surface area contributed by atoms with Crippen LogP contribution in [0.2, 0.25) is 0 Å². The van der Waals surface area contributed by atoms with E-state index in [0.717, 1.165) is 0 Å². The Kier molecular flexibility index (Phi) is 3.59.